The van der Waals surface area contributed by atoms with Crippen LogP contribution in [0.2, 0.25) is 0 Å². The van der Waals surface area contributed by atoms with Crippen LogP contribution in [0.25, 0.3) is 0 Å². The molecule has 0 saturated heterocycles. The zero-order chi connectivity index (χ0) is 12.0. The smallest absolute Gasteiger partial charge is 0.373 e. The molecule has 1 aromatic rings. The summed E-state index contributed by atoms with van der Waals surface area (Å²) in [5.74, 6) is 3.23. The number of hydrogen-bond acceptors (Lipinski definition) is 5. The fourth-order valence-electron chi connectivity index (χ4n) is 0.794. The average molecular weight is 220 g/mol. The highest BCUT2D eigenvalue weighted by atomic mass is 16.5. The fourth-order valence-corrected chi connectivity index (χ4v) is 0.794. The van der Waals surface area contributed by atoms with Crippen molar-refractivity contribution in [1.82, 2.24) is 9.97 Å². The molecule has 0 spiro atoms. The first-order chi connectivity index (χ1) is 7.63. The van der Waals surface area contributed by atoms with Crippen molar-refractivity contribution in [1.29, 1.82) is 0 Å². The third kappa shape index (κ3) is 3.38. The minimum atomic E-state index is -1.20. The fraction of sp³-hybridized carbons (Fsp3) is 0.200. The van der Waals surface area contributed by atoms with Gasteiger partial charge >= 0.3 is 11.9 Å². The number of methoxy groups -OCH3 is 1. The van der Waals surface area contributed by atoms with Gasteiger partial charge in [0, 0.05) is 12.4 Å². The summed E-state index contributed by atoms with van der Waals surface area (Å²) in [5.41, 5.74) is 0.439. The van der Waals surface area contributed by atoms with Gasteiger partial charge in [-0.15, -0.1) is 0 Å². The van der Waals surface area contributed by atoms with E-state index in [0.29, 0.717) is 5.56 Å². The van der Waals surface area contributed by atoms with Gasteiger partial charge in [-0.1, -0.05) is 11.8 Å². The highest BCUT2D eigenvalue weighted by molar-refractivity contribution is 5.82. The van der Waals surface area contributed by atoms with Crippen LogP contribution in [0.5, 0.6) is 0 Å². The number of aromatic carboxylic acids is 1. The lowest BCUT2D eigenvalue weighted by Crippen LogP contribution is -2.03. The Labute approximate surface area is 91.3 Å². The molecule has 0 radical (unpaired) electrons. The first-order valence-corrected chi connectivity index (χ1v) is 4.24. The van der Waals surface area contributed by atoms with Gasteiger partial charge in [0.05, 0.1) is 12.7 Å². The molecule has 0 aliphatic carbocycles. The second-order valence-corrected chi connectivity index (χ2v) is 2.66. The van der Waals surface area contributed by atoms with Gasteiger partial charge in [-0.25, -0.2) is 14.8 Å². The molecular formula is C10H8N2O4. The Bertz CT molecular complexity index is 456. The van der Waals surface area contributed by atoms with Gasteiger partial charge in [0.2, 0.25) is 5.82 Å². The molecule has 1 heterocycles. The van der Waals surface area contributed by atoms with E-state index in [0.717, 1.165) is 0 Å². The van der Waals surface area contributed by atoms with E-state index in [1.54, 1.807) is 0 Å². The SMILES string of the molecule is COC(=O)CC#Cc1cnc(C(=O)O)nc1. The molecule has 0 aliphatic rings. The normalized spacial score (nSPS) is 8.81. The third-order valence-corrected chi connectivity index (χ3v) is 1.54. The van der Waals surface area contributed by atoms with E-state index < -0.39 is 11.9 Å². The van der Waals surface area contributed by atoms with Crippen LogP contribution >= 0.6 is 0 Å². The summed E-state index contributed by atoms with van der Waals surface area (Å²) in [6.45, 7) is 0. The minimum absolute atomic E-state index is 0.0306. The largest absolute Gasteiger partial charge is 0.475 e. The van der Waals surface area contributed by atoms with Gasteiger partial charge in [0.1, 0.15) is 6.42 Å². The van der Waals surface area contributed by atoms with Crippen LogP contribution in [-0.4, -0.2) is 34.1 Å². The molecule has 82 valence electrons. The number of esters is 1. The Kier molecular flexibility index (Phi) is 3.98. The van der Waals surface area contributed by atoms with Gasteiger partial charge in [-0.05, 0) is 0 Å². The Hall–Kier alpha value is -2.42. The van der Waals surface area contributed by atoms with Gasteiger partial charge < -0.3 is 9.84 Å². The van der Waals surface area contributed by atoms with Crippen LogP contribution in [0.3, 0.4) is 0 Å². The molecule has 0 aromatic carbocycles. The molecule has 0 atom stereocenters. The predicted octanol–water partition coefficient (Wildman–Crippen LogP) is 0.0894. The number of hydrogen-bond donors (Lipinski definition) is 1. The summed E-state index contributed by atoms with van der Waals surface area (Å²) in [5, 5.41) is 8.53. The molecule has 0 saturated carbocycles. The summed E-state index contributed by atoms with van der Waals surface area (Å²) >= 11 is 0. The number of rotatable bonds is 2. The molecule has 1 rings (SSSR count). The van der Waals surface area contributed by atoms with E-state index in [4.69, 9.17) is 5.11 Å². The molecule has 6 heteroatoms. The Balaban J connectivity index is 2.68. The van der Waals surface area contributed by atoms with Gasteiger partial charge in [0.25, 0.3) is 0 Å². The monoisotopic (exact) mass is 220 g/mol. The van der Waals surface area contributed by atoms with Crippen molar-refractivity contribution in [3.63, 3.8) is 0 Å². The summed E-state index contributed by atoms with van der Waals surface area (Å²) in [4.78, 5) is 28.3. The van der Waals surface area contributed by atoms with Crippen molar-refractivity contribution >= 4 is 11.9 Å². The highest BCUT2D eigenvalue weighted by Gasteiger charge is 2.04. The van der Waals surface area contributed by atoms with Crippen LogP contribution in [0.15, 0.2) is 12.4 Å². The summed E-state index contributed by atoms with van der Waals surface area (Å²) in [6, 6.07) is 0. The van der Waals surface area contributed by atoms with Crippen LogP contribution in [0.4, 0.5) is 0 Å². The number of carboxylic acid groups (broad SMARTS) is 1. The van der Waals surface area contributed by atoms with Crippen molar-refractivity contribution in [2.75, 3.05) is 7.11 Å². The maximum atomic E-state index is 10.7. The van der Waals surface area contributed by atoms with Gasteiger partial charge in [-0.2, -0.15) is 0 Å². The van der Waals surface area contributed by atoms with Crippen LogP contribution < -0.4 is 0 Å². The summed E-state index contributed by atoms with van der Waals surface area (Å²) in [7, 11) is 1.27. The van der Waals surface area contributed by atoms with Crippen molar-refractivity contribution in [2.24, 2.45) is 0 Å². The predicted molar refractivity (Wildman–Crippen MR) is 52.5 cm³/mol. The summed E-state index contributed by atoms with van der Waals surface area (Å²) < 4.78 is 4.39. The maximum absolute atomic E-state index is 10.7. The van der Waals surface area contributed by atoms with E-state index in [2.05, 4.69) is 26.5 Å². The molecule has 16 heavy (non-hydrogen) atoms. The molecule has 6 nitrogen and oxygen atoms in total. The lowest BCUT2D eigenvalue weighted by molar-refractivity contribution is -0.139. The van der Waals surface area contributed by atoms with E-state index in [1.807, 2.05) is 0 Å². The second kappa shape index (κ2) is 5.46. The maximum Gasteiger partial charge on any atom is 0.373 e. The molecule has 0 amide bonds. The molecule has 0 bridgehead atoms. The first kappa shape index (κ1) is 11.7. The number of carbonyl (C=O) groups is 2. The number of aromatic nitrogens is 2. The van der Waals surface area contributed by atoms with Crippen LogP contribution in [0, 0.1) is 11.8 Å². The molecule has 0 unspecified atom stereocenters. The van der Waals surface area contributed by atoms with Crippen LogP contribution in [-0.2, 0) is 9.53 Å². The van der Waals surface area contributed by atoms with Crippen molar-refractivity contribution in [2.45, 2.75) is 6.42 Å². The zero-order valence-electron chi connectivity index (χ0n) is 8.43. The third-order valence-electron chi connectivity index (χ3n) is 1.54. The molecule has 1 N–H and O–H groups in total. The molecule has 0 aliphatic heterocycles. The Morgan fingerprint density at radius 2 is 2.06 bits per heavy atom. The molecule has 1 aromatic heterocycles. The molecule has 0 fully saturated rings. The standard InChI is InChI=1S/C10H8N2O4/c1-16-8(13)4-2-3-7-5-11-9(10(14)15)12-6-7/h5-6H,4H2,1H3,(H,14,15). The van der Waals surface area contributed by atoms with Gasteiger partial charge in [0.15, 0.2) is 0 Å². The van der Waals surface area contributed by atoms with E-state index in [-0.39, 0.29) is 12.2 Å². The lowest BCUT2D eigenvalue weighted by atomic mass is 10.3. The Morgan fingerprint density at radius 1 is 1.44 bits per heavy atom. The van der Waals surface area contributed by atoms with E-state index in [9.17, 15) is 9.59 Å². The average Bonchev–Trinajstić information content (AvgIpc) is 2.29. The summed E-state index contributed by atoms with van der Waals surface area (Å²) in [6.07, 6.45) is 2.53. The highest BCUT2D eigenvalue weighted by Crippen LogP contribution is 1.94. The number of carboxylic acids is 1. The van der Waals surface area contributed by atoms with E-state index in [1.165, 1.54) is 19.5 Å². The first-order valence-electron chi connectivity index (χ1n) is 4.24. The van der Waals surface area contributed by atoms with Crippen molar-refractivity contribution in [3.05, 3.63) is 23.8 Å². The molecular weight excluding hydrogens is 212 g/mol. The number of ether oxygens (including phenoxy) is 1. The van der Waals surface area contributed by atoms with Gasteiger partial charge in [-0.3, -0.25) is 4.79 Å². The minimum Gasteiger partial charge on any atom is -0.475 e. The van der Waals surface area contributed by atoms with Crippen molar-refractivity contribution < 1.29 is 19.4 Å². The zero-order valence-corrected chi connectivity index (χ0v) is 8.43. The number of carbonyl (C=O) groups excluding carboxylic acids is 1. The second-order valence-electron chi connectivity index (χ2n) is 2.66. The van der Waals surface area contributed by atoms with Crippen LogP contribution in [0.1, 0.15) is 22.6 Å². The van der Waals surface area contributed by atoms with Crippen molar-refractivity contribution in [3.8, 4) is 11.8 Å². The topological polar surface area (TPSA) is 89.4 Å². The Morgan fingerprint density at radius 3 is 2.56 bits per heavy atom. The van der Waals surface area contributed by atoms with E-state index >= 15 is 0 Å². The number of nitrogens with zero attached hydrogens (tertiary/aromatic N) is 2. The lowest BCUT2D eigenvalue weighted by Gasteiger charge is -1.92. The quantitative estimate of drug-likeness (QED) is 0.561.